The molecule has 0 bridgehead atoms. The van der Waals surface area contributed by atoms with E-state index in [0.717, 1.165) is 18.7 Å². The SMILES string of the molecule is CC(=O)N[C@@H](CC(C)C)C(=O)N[C@@H](Cc1ccc(O)cc1)C(=O)N[C@@H](CCCN=C(N)N)C(=O)N[C@@H](C)C(=O)N[C@@H](CC(N)=O)C(=O)N[C@@H](Cc1ccccc1)C(=O)N[C@H](C(=O)N[C@@H](CO)C(=O)N1CCC[C@H]1C(=O)NCC(=O)N[C@@H](Cc1ccc(O)cc1)C(=O)N[C@@H](CO)C(N)=O)C(C)OP(=O)(O)O. The molecule has 1 fully saturated rings. The second kappa shape index (κ2) is 42.0. The van der Waals surface area contributed by atoms with Crippen molar-refractivity contribution in [3.63, 3.8) is 0 Å². The van der Waals surface area contributed by atoms with E-state index in [1.807, 2.05) is 0 Å². The summed E-state index contributed by atoms with van der Waals surface area (Å²) in [6.45, 7) is 3.78. The number of rotatable bonds is 42. The lowest BCUT2D eigenvalue weighted by atomic mass is 10.0. The van der Waals surface area contributed by atoms with E-state index < -0.39 is 196 Å². The predicted octanol–water partition coefficient (Wildman–Crippen LogP) is -6.94. The first-order valence-electron chi connectivity index (χ1n) is 33.1. The number of aliphatic hydroxyl groups is 2. The summed E-state index contributed by atoms with van der Waals surface area (Å²) in [5.41, 5.74) is 23.0. The Hall–Kier alpha value is -10.9. The number of aliphatic imine (C=N–C) groups is 1. The number of hydrogen-bond acceptors (Lipinski definition) is 21. The van der Waals surface area contributed by atoms with Crippen LogP contribution < -0.4 is 81.4 Å². The number of nitrogens with one attached hydrogen (secondary N) is 11. The summed E-state index contributed by atoms with van der Waals surface area (Å²) in [5.74, 6) is -15.2. The zero-order chi connectivity index (χ0) is 78.4. The Bertz CT molecular complexity index is 3620. The number of phenols is 2. The number of amides is 14. The van der Waals surface area contributed by atoms with Crippen molar-refractivity contribution in [3.8, 4) is 11.5 Å². The molecule has 3 aromatic carbocycles. The molecule has 0 saturated carbocycles. The van der Waals surface area contributed by atoms with Crippen LogP contribution in [0.2, 0.25) is 0 Å². The van der Waals surface area contributed by atoms with Gasteiger partial charge < -0.3 is 117 Å². The Kier molecular flexibility index (Phi) is 34.7. The summed E-state index contributed by atoms with van der Waals surface area (Å²) in [7, 11) is -5.55. The minimum atomic E-state index is -5.55. The van der Waals surface area contributed by atoms with Crippen molar-refractivity contribution in [2.24, 2.45) is 33.8 Å². The lowest BCUT2D eigenvalue weighted by Crippen LogP contribution is -2.62. The third kappa shape index (κ3) is 30.2. The molecule has 1 aliphatic heterocycles. The van der Waals surface area contributed by atoms with E-state index in [4.69, 9.17) is 27.5 Å². The van der Waals surface area contributed by atoms with E-state index in [1.165, 1.54) is 67.6 Å². The van der Waals surface area contributed by atoms with Crippen LogP contribution in [0.5, 0.6) is 11.5 Å². The number of phenolic OH excluding ortho intramolecular Hbond substituents is 2. The van der Waals surface area contributed by atoms with E-state index in [9.17, 15) is 102 Å². The molecular weight excluding hydrogens is 1400 g/mol. The quantitative estimate of drug-likeness (QED) is 0.0108. The third-order valence-electron chi connectivity index (χ3n) is 16.0. The van der Waals surface area contributed by atoms with Gasteiger partial charge in [0.1, 0.15) is 78.0 Å². The number of benzene rings is 3. The number of nitrogens with two attached hydrogens (primary N) is 4. The molecule has 0 aliphatic carbocycles. The first-order chi connectivity index (χ1) is 49.4. The lowest BCUT2D eigenvalue weighted by molar-refractivity contribution is -0.143. The highest BCUT2D eigenvalue weighted by molar-refractivity contribution is 7.46. The van der Waals surface area contributed by atoms with Crippen LogP contribution >= 0.6 is 7.82 Å². The smallest absolute Gasteiger partial charge is 0.469 e. The summed E-state index contributed by atoms with van der Waals surface area (Å²) in [6, 6.07) is 0.812. The maximum Gasteiger partial charge on any atom is 0.469 e. The van der Waals surface area contributed by atoms with Crippen LogP contribution in [0.3, 0.4) is 0 Å². The molecule has 12 atom stereocenters. The molecule has 14 amide bonds. The number of aromatic hydroxyl groups is 2. The fourth-order valence-electron chi connectivity index (χ4n) is 10.7. The first kappa shape index (κ1) is 86.5. The van der Waals surface area contributed by atoms with Crippen LogP contribution in [0.15, 0.2) is 83.9 Å². The largest absolute Gasteiger partial charge is 0.508 e. The van der Waals surface area contributed by atoms with Gasteiger partial charge in [-0.2, -0.15) is 0 Å². The molecule has 40 heteroatoms. The van der Waals surface area contributed by atoms with Crippen molar-refractivity contribution >= 4 is 96.5 Å². The minimum Gasteiger partial charge on any atom is -0.508 e. The molecule has 0 radical (unpaired) electrons. The van der Waals surface area contributed by atoms with Crippen molar-refractivity contribution in [1.29, 1.82) is 0 Å². The highest BCUT2D eigenvalue weighted by Crippen LogP contribution is 2.38. The summed E-state index contributed by atoms with van der Waals surface area (Å²) < 4.78 is 17.1. The molecule has 1 aliphatic rings. The van der Waals surface area contributed by atoms with Gasteiger partial charge >= 0.3 is 7.82 Å². The number of hydrogen-bond donors (Lipinski definition) is 21. The molecule has 1 unspecified atom stereocenters. The van der Waals surface area contributed by atoms with Gasteiger partial charge in [-0.3, -0.25) is 76.6 Å². The number of carbonyl (C=O) groups is 14. The van der Waals surface area contributed by atoms with Crippen LogP contribution in [-0.2, 0) is 95.5 Å². The molecule has 576 valence electrons. The normalized spacial score (nSPS) is 15.8. The average Bonchev–Trinajstić information content (AvgIpc) is 1.78. The fourth-order valence-corrected chi connectivity index (χ4v) is 11.3. The lowest BCUT2D eigenvalue weighted by Gasteiger charge is -2.31. The van der Waals surface area contributed by atoms with Crippen molar-refractivity contribution in [2.75, 3.05) is 32.8 Å². The van der Waals surface area contributed by atoms with Gasteiger partial charge in [0.15, 0.2) is 5.96 Å². The summed E-state index contributed by atoms with van der Waals surface area (Å²) in [4.78, 5) is 215. The number of nitrogens with zero attached hydrogens (tertiary/aromatic N) is 2. The number of primary amides is 2. The number of likely N-dealkylation sites (tertiary alicyclic amines) is 1. The maximum atomic E-state index is 14.6. The van der Waals surface area contributed by atoms with Gasteiger partial charge in [0.25, 0.3) is 0 Å². The first-order valence-corrected chi connectivity index (χ1v) is 34.7. The molecule has 1 heterocycles. The maximum absolute atomic E-state index is 14.6. The van der Waals surface area contributed by atoms with Gasteiger partial charge in [-0.05, 0) is 92.8 Å². The molecule has 0 aromatic heterocycles. The van der Waals surface area contributed by atoms with E-state index >= 15 is 0 Å². The average molecular weight is 1500 g/mol. The number of carbonyl (C=O) groups excluding carboxylic acids is 14. The van der Waals surface area contributed by atoms with Gasteiger partial charge in [0.2, 0.25) is 82.7 Å². The summed E-state index contributed by atoms with van der Waals surface area (Å²) in [6.07, 6.45) is -3.71. The third-order valence-corrected chi connectivity index (χ3v) is 16.6. The van der Waals surface area contributed by atoms with Crippen molar-refractivity contribution in [3.05, 3.63) is 95.6 Å². The van der Waals surface area contributed by atoms with Crippen molar-refractivity contribution in [2.45, 2.75) is 165 Å². The summed E-state index contributed by atoms with van der Waals surface area (Å²) in [5, 5.41) is 66.1. The van der Waals surface area contributed by atoms with E-state index in [0.29, 0.717) is 16.7 Å². The zero-order valence-corrected chi connectivity index (χ0v) is 59.2. The van der Waals surface area contributed by atoms with Gasteiger partial charge in [-0.1, -0.05) is 68.4 Å². The van der Waals surface area contributed by atoms with E-state index in [2.05, 4.69) is 63.5 Å². The molecule has 105 heavy (non-hydrogen) atoms. The number of phosphoric acid groups is 1. The second-order valence-corrected chi connectivity index (χ2v) is 26.3. The van der Waals surface area contributed by atoms with Crippen LogP contribution in [-0.4, -0.2) is 229 Å². The van der Waals surface area contributed by atoms with Gasteiger partial charge in [0, 0.05) is 39.3 Å². The molecule has 4 rings (SSSR count). The Morgan fingerprint density at radius 3 is 1.52 bits per heavy atom. The van der Waals surface area contributed by atoms with Crippen LogP contribution in [0.25, 0.3) is 0 Å². The highest BCUT2D eigenvalue weighted by Gasteiger charge is 2.42. The molecule has 39 nitrogen and oxygen atoms in total. The van der Waals surface area contributed by atoms with Crippen LogP contribution in [0, 0.1) is 5.92 Å². The molecule has 0 spiro atoms. The number of guanidine groups is 1. The minimum absolute atomic E-state index is 0.0302. The van der Waals surface area contributed by atoms with Crippen molar-refractivity contribution in [1.82, 2.24) is 63.4 Å². The number of aliphatic hydroxyl groups excluding tert-OH is 2. The topological polar surface area (TPSA) is 639 Å². The Morgan fingerprint density at radius 2 is 1.03 bits per heavy atom. The summed E-state index contributed by atoms with van der Waals surface area (Å²) >= 11 is 0. The van der Waals surface area contributed by atoms with Crippen LogP contribution in [0.4, 0.5) is 0 Å². The van der Waals surface area contributed by atoms with Crippen molar-refractivity contribution < 1.29 is 106 Å². The molecule has 25 N–H and O–H groups in total. The predicted molar refractivity (Wildman–Crippen MR) is 371 cm³/mol. The highest BCUT2D eigenvalue weighted by atomic mass is 31.2. The van der Waals surface area contributed by atoms with E-state index in [1.54, 1.807) is 32.0 Å². The van der Waals surface area contributed by atoms with Gasteiger partial charge in [-0.25, -0.2) is 4.57 Å². The fraction of sp³-hybridized carbons (Fsp3) is 0.492. The zero-order valence-electron chi connectivity index (χ0n) is 58.3. The molecule has 3 aromatic rings. The van der Waals surface area contributed by atoms with Gasteiger partial charge in [0.05, 0.1) is 32.3 Å². The number of phosphoric ester groups is 1. The Balaban J connectivity index is 1.56. The Labute approximate surface area is 602 Å². The monoisotopic (exact) mass is 1500 g/mol. The molecular formula is C65H94N17O22P. The Morgan fingerprint density at radius 1 is 0.562 bits per heavy atom. The van der Waals surface area contributed by atoms with Crippen LogP contribution in [0.1, 0.15) is 89.8 Å². The standard InChI is InChI=1S/C65H94N17O22P/c1-33(2)25-43(73-36(5)85)57(93)77-45(28-39-17-21-41(87)22-18-39)59(95)75-42(13-9-23-70-65(68)69)56(92)72-34(3)55(91)76-47(29-51(66)88)60(96)78-46(26-37-11-7-6-8-12-37)61(97)81-53(35(4)104-105(101,102)103)63(99)80-49(32-84)64(100)82-24-10-14-50(82)62(98)71-30-52(89)74-44(27-38-15-19-40(86)20-16-38)58(94)79-48(31-83)54(67)90/h6-8,11-12,15-22,33-35,42-50,53,83-84,86-87H,9-10,13-14,23-32H2,1-5H3,(H2,66,88)(H2,67,90)(H,71,98)(H,72,92)(H,73,85)(H,74,89)(H,75,95)(H,76,91)(H,77,93)(H,78,96)(H,79,94)(H,80,99)(H,81,97)(H4,68,69,70)(H2,101,102,103)/t34-,35?,42-,43-,44-,45-,46-,47-,48-,49-,50-,53-/m0/s1. The molecule has 1 saturated heterocycles. The second-order valence-electron chi connectivity index (χ2n) is 25.1. The van der Waals surface area contributed by atoms with Gasteiger partial charge in [-0.15, -0.1) is 0 Å². The van der Waals surface area contributed by atoms with E-state index in [-0.39, 0.29) is 81.4 Å².